The molecular weight excluding hydrogens is 286 g/mol. The third-order valence-corrected chi connectivity index (χ3v) is 5.83. The molecule has 0 spiro atoms. The Morgan fingerprint density at radius 3 is 2.71 bits per heavy atom. The minimum Gasteiger partial charge on any atom is -0.380 e. The molecule has 0 radical (unpaired) electrons. The molecule has 0 amide bonds. The zero-order valence-corrected chi connectivity index (χ0v) is 13.9. The minimum absolute atomic E-state index is 0.303. The molecule has 1 heterocycles. The van der Waals surface area contributed by atoms with Gasteiger partial charge in [-0.05, 0) is 38.1 Å². The number of likely N-dealkylation sites (N-methyl/N-ethyl adjacent to an activating group) is 1. The standard InChI is InChI=1S/C15H25N3O2S/c1-4-18-11-7-8-13(12-18)16-14-9-5-6-10-15(14)21(19,20)17(2)3/h5-6,9-10,13,16H,4,7-8,11-12H2,1-3H3. The topological polar surface area (TPSA) is 52.7 Å². The second-order valence-electron chi connectivity index (χ2n) is 5.66. The van der Waals surface area contributed by atoms with Crippen LogP contribution in [0.2, 0.25) is 0 Å². The van der Waals surface area contributed by atoms with Crippen LogP contribution in [0.15, 0.2) is 29.2 Å². The van der Waals surface area contributed by atoms with Crippen LogP contribution in [0.1, 0.15) is 19.8 Å². The van der Waals surface area contributed by atoms with Crippen LogP contribution in [-0.2, 0) is 10.0 Å². The molecule has 0 saturated carbocycles. The Hall–Kier alpha value is -1.11. The third-order valence-electron chi connectivity index (χ3n) is 3.96. The maximum Gasteiger partial charge on any atom is 0.244 e. The molecule has 5 nitrogen and oxygen atoms in total. The number of hydrogen-bond acceptors (Lipinski definition) is 4. The van der Waals surface area contributed by atoms with Crippen molar-refractivity contribution < 1.29 is 8.42 Å². The largest absolute Gasteiger partial charge is 0.380 e. The van der Waals surface area contributed by atoms with Gasteiger partial charge in [0, 0.05) is 26.7 Å². The lowest BCUT2D eigenvalue weighted by molar-refractivity contribution is 0.226. The number of nitrogens with one attached hydrogen (secondary N) is 1. The summed E-state index contributed by atoms with van der Waals surface area (Å²) < 4.78 is 26.0. The van der Waals surface area contributed by atoms with Gasteiger partial charge < -0.3 is 10.2 Å². The molecule has 1 aliphatic heterocycles. The summed E-state index contributed by atoms with van der Waals surface area (Å²) in [6, 6.07) is 7.45. The van der Waals surface area contributed by atoms with Gasteiger partial charge in [0.15, 0.2) is 0 Å². The predicted molar refractivity (Wildman–Crippen MR) is 86.1 cm³/mol. The van der Waals surface area contributed by atoms with Gasteiger partial charge in [-0.25, -0.2) is 12.7 Å². The number of hydrogen-bond donors (Lipinski definition) is 1. The van der Waals surface area contributed by atoms with Crippen molar-refractivity contribution in [1.82, 2.24) is 9.21 Å². The molecule has 0 aliphatic carbocycles. The van der Waals surface area contributed by atoms with E-state index in [1.807, 2.05) is 12.1 Å². The van der Waals surface area contributed by atoms with Crippen molar-refractivity contribution in [2.24, 2.45) is 0 Å². The highest BCUT2D eigenvalue weighted by atomic mass is 32.2. The highest BCUT2D eigenvalue weighted by Crippen LogP contribution is 2.25. The van der Waals surface area contributed by atoms with E-state index in [9.17, 15) is 8.42 Å². The van der Waals surface area contributed by atoms with Crippen LogP contribution < -0.4 is 5.32 Å². The van der Waals surface area contributed by atoms with E-state index in [0.717, 1.165) is 32.5 Å². The van der Waals surface area contributed by atoms with E-state index < -0.39 is 10.0 Å². The summed E-state index contributed by atoms with van der Waals surface area (Å²) in [6.07, 6.45) is 2.22. The van der Waals surface area contributed by atoms with Crippen LogP contribution >= 0.6 is 0 Å². The van der Waals surface area contributed by atoms with E-state index in [4.69, 9.17) is 0 Å². The number of para-hydroxylation sites is 1. The first-order valence-electron chi connectivity index (χ1n) is 7.45. The number of anilines is 1. The van der Waals surface area contributed by atoms with Crippen LogP contribution in [0.25, 0.3) is 0 Å². The summed E-state index contributed by atoms with van der Waals surface area (Å²) in [5.74, 6) is 0. The predicted octanol–water partition coefficient (Wildman–Crippen LogP) is 1.83. The lowest BCUT2D eigenvalue weighted by atomic mass is 10.1. The molecule has 1 saturated heterocycles. The number of piperidine rings is 1. The first kappa shape index (κ1) is 16.3. The van der Waals surface area contributed by atoms with Crippen molar-refractivity contribution in [2.75, 3.05) is 39.0 Å². The van der Waals surface area contributed by atoms with Crippen LogP contribution in [0.5, 0.6) is 0 Å². The van der Waals surface area contributed by atoms with Gasteiger partial charge in [0.1, 0.15) is 4.90 Å². The molecule has 2 rings (SSSR count). The molecule has 1 atom stereocenters. The smallest absolute Gasteiger partial charge is 0.244 e. The molecule has 1 aliphatic rings. The van der Waals surface area contributed by atoms with Crippen molar-refractivity contribution in [3.05, 3.63) is 24.3 Å². The van der Waals surface area contributed by atoms with Gasteiger partial charge in [-0.1, -0.05) is 19.1 Å². The zero-order chi connectivity index (χ0) is 15.5. The van der Waals surface area contributed by atoms with Crippen LogP contribution in [0, 0.1) is 0 Å². The van der Waals surface area contributed by atoms with E-state index in [-0.39, 0.29) is 0 Å². The summed E-state index contributed by atoms with van der Waals surface area (Å²) >= 11 is 0. The Balaban J connectivity index is 2.21. The summed E-state index contributed by atoms with van der Waals surface area (Å²) in [5.41, 5.74) is 0.703. The molecule has 118 valence electrons. The molecule has 1 aromatic carbocycles. The molecule has 1 aromatic rings. The fourth-order valence-corrected chi connectivity index (χ4v) is 3.74. The van der Waals surface area contributed by atoms with Gasteiger partial charge in [0.05, 0.1) is 5.69 Å². The number of likely N-dealkylation sites (tertiary alicyclic amines) is 1. The van der Waals surface area contributed by atoms with Crippen molar-refractivity contribution >= 4 is 15.7 Å². The first-order valence-corrected chi connectivity index (χ1v) is 8.89. The summed E-state index contributed by atoms with van der Waals surface area (Å²) in [5, 5.41) is 3.43. The van der Waals surface area contributed by atoms with E-state index in [0.29, 0.717) is 16.6 Å². The fraction of sp³-hybridized carbons (Fsp3) is 0.600. The van der Waals surface area contributed by atoms with Gasteiger partial charge >= 0.3 is 0 Å². The fourth-order valence-electron chi connectivity index (χ4n) is 2.69. The second-order valence-corrected chi connectivity index (χ2v) is 7.78. The quantitative estimate of drug-likeness (QED) is 0.901. The molecular formula is C15H25N3O2S. The number of nitrogens with zero attached hydrogens (tertiary/aromatic N) is 2. The van der Waals surface area contributed by atoms with Gasteiger partial charge in [-0.2, -0.15) is 0 Å². The molecule has 1 N–H and O–H groups in total. The highest BCUT2D eigenvalue weighted by Gasteiger charge is 2.24. The molecule has 1 unspecified atom stereocenters. The van der Waals surface area contributed by atoms with Crippen LogP contribution in [0.4, 0.5) is 5.69 Å². The average molecular weight is 311 g/mol. The Bertz CT molecular complexity index is 572. The highest BCUT2D eigenvalue weighted by molar-refractivity contribution is 7.89. The summed E-state index contributed by atoms with van der Waals surface area (Å²) in [7, 11) is -0.298. The summed E-state index contributed by atoms with van der Waals surface area (Å²) in [4.78, 5) is 2.74. The van der Waals surface area contributed by atoms with Gasteiger partial charge in [0.25, 0.3) is 0 Å². The number of sulfonamides is 1. The molecule has 1 fully saturated rings. The average Bonchev–Trinajstić information content (AvgIpc) is 2.47. The Kier molecular flexibility index (Phi) is 5.24. The lowest BCUT2D eigenvalue weighted by Gasteiger charge is -2.33. The first-order chi connectivity index (χ1) is 9.95. The van der Waals surface area contributed by atoms with Crippen molar-refractivity contribution in [3.8, 4) is 0 Å². The van der Waals surface area contributed by atoms with E-state index in [2.05, 4.69) is 17.1 Å². The lowest BCUT2D eigenvalue weighted by Crippen LogP contribution is -2.42. The maximum absolute atomic E-state index is 12.4. The van der Waals surface area contributed by atoms with Gasteiger partial charge in [-0.3, -0.25) is 0 Å². The molecule has 21 heavy (non-hydrogen) atoms. The van der Waals surface area contributed by atoms with Gasteiger partial charge in [-0.15, -0.1) is 0 Å². The van der Waals surface area contributed by atoms with Crippen molar-refractivity contribution in [2.45, 2.75) is 30.7 Å². The normalized spacial score (nSPS) is 20.7. The third kappa shape index (κ3) is 3.75. The maximum atomic E-state index is 12.4. The van der Waals surface area contributed by atoms with Crippen molar-refractivity contribution in [1.29, 1.82) is 0 Å². The molecule has 0 bridgehead atoms. The van der Waals surface area contributed by atoms with Crippen LogP contribution in [-0.4, -0.2) is 57.4 Å². The van der Waals surface area contributed by atoms with Crippen molar-refractivity contribution in [3.63, 3.8) is 0 Å². The number of rotatable bonds is 5. The summed E-state index contributed by atoms with van der Waals surface area (Å²) in [6.45, 7) is 5.29. The minimum atomic E-state index is -3.42. The molecule has 0 aromatic heterocycles. The number of benzene rings is 1. The van der Waals surface area contributed by atoms with Gasteiger partial charge in [0.2, 0.25) is 10.0 Å². The zero-order valence-electron chi connectivity index (χ0n) is 13.0. The van der Waals surface area contributed by atoms with Crippen LogP contribution in [0.3, 0.4) is 0 Å². The van der Waals surface area contributed by atoms with E-state index in [1.54, 1.807) is 26.2 Å². The monoisotopic (exact) mass is 311 g/mol. The SMILES string of the molecule is CCN1CCCC(Nc2ccccc2S(=O)(=O)N(C)C)C1. The Morgan fingerprint density at radius 1 is 1.33 bits per heavy atom. The Morgan fingerprint density at radius 2 is 2.05 bits per heavy atom. The van der Waals surface area contributed by atoms with E-state index in [1.165, 1.54) is 4.31 Å². The second kappa shape index (κ2) is 6.77. The Labute approximate surface area is 128 Å². The van der Waals surface area contributed by atoms with E-state index >= 15 is 0 Å². The molecule has 6 heteroatoms.